The Hall–Kier alpha value is -3.40. The average molecular weight is 334 g/mol. The summed E-state index contributed by atoms with van der Waals surface area (Å²) in [6.45, 7) is 0.703. The maximum absolute atomic E-state index is 12.4. The summed E-state index contributed by atoms with van der Waals surface area (Å²) in [5.41, 5.74) is 4.25. The Balaban J connectivity index is 1.72. The van der Waals surface area contributed by atoms with Crippen LogP contribution < -0.4 is 5.32 Å². The van der Waals surface area contributed by atoms with Gasteiger partial charge in [0.05, 0.1) is 23.9 Å². The lowest BCUT2D eigenvalue weighted by atomic mass is 9.94. The van der Waals surface area contributed by atoms with E-state index in [1.807, 2.05) is 6.07 Å². The van der Waals surface area contributed by atoms with Gasteiger partial charge in [0.15, 0.2) is 0 Å². The van der Waals surface area contributed by atoms with Gasteiger partial charge in [0.1, 0.15) is 5.92 Å². The molecular formula is C18H14N4O3. The van der Waals surface area contributed by atoms with E-state index in [-0.39, 0.29) is 5.91 Å². The fourth-order valence-electron chi connectivity index (χ4n) is 3.38. The normalized spacial score (nSPS) is 18.1. The van der Waals surface area contributed by atoms with Crippen molar-refractivity contribution in [3.05, 3.63) is 58.4 Å². The molecule has 7 nitrogen and oxygen atoms in total. The van der Waals surface area contributed by atoms with Gasteiger partial charge in [-0.15, -0.1) is 0 Å². The van der Waals surface area contributed by atoms with E-state index in [9.17, 15) is 9.59 Å². The van der Waals surface area contributed by atoms with E-state index in [0.29, 0.717) is 36.5 Å². The van der Waals surface area contributed by atoms with E-state index in [2.05, 4.69) is 16.4 Å². The molecule has 124 valence electrons. The number of benzene rings is 1. The molecule has 1 unspecified atom stereocenters. The SMILES string of the molecule is N#Cc1ccc2c(c1)C(c1ccc3c(n1)CCN(C(=O)O)C3)C(=O)N2. The van der Waals surface area contributed by atoms with E-state index in [1.165, 1.54) is 4.90 Å². The van der Waals surface area contributed by atoms with E-state index >= 15 is 0 Å². The summed E-state index contributed by atoms with van der Waals surface area (Å²) in [6, 6.07) is 10.8. The van der Waals surface area contributed by atoms with Crippen LogP contribution in [0.5, 0.6) is 0 Å². The maximum Gasteiger partial charge on any atom is 0.407 e. The number of anilines is 1. The van der Waals surface area contributed by atoms with Gasteiger partial charge in [0.2, 0.25) is 5.91 Å². The maximum atomic E-state index is 12.4. The Bertz CT molecular complexity index is 948. The van der Waals surface area contributed by atoms with Crippen LogP contribution in [0, 0.1) is 11.3 Å². The second-order valence-corrected chi connectivity index (χ2v) is 6.13. The molecule has 0 spiro atoms. The molecule has 25 heavy (non-hydrogen) atoms. The molecule has 3 heterocycles. The van der Waals surface area contributed by atoms with Gasteiger partial charge in [-0.3, -0.25) is 9.78 Å². The van der Waals surface area contributed by atoms with E-state index in [1.54, 1.807) is 24.3 Å². The van der Waals surface area contributed by atoms with Crippen LogP contribution in [0.3, 0.4) is 0 Å². The molecule has 2 aliphatic rings. The molecule has 1 aromatic carbocycles. The summed E-state index contributed by atoms with van der Waals surface area (Å²) in [4.78, 5) is 29.5. The number of amides is 2. The van der Waals surface area contributed by atoms with Crippen molar-refractivity contribution in [3.8, 4) is 6.07 Å². The second-order valence-electron chi connectivity index (χ2n) is 6.13. The largest absolute Gasteiger partial charge is 0.465 e. The highest BCUT2D eigenvalue weighted by molar-refractivity contribution is 6.04. The van der Waals surface area contributed by atoms with Gasteiger partial charge >= 0.3 is 6.09 Å². The molecule has 4 rings (SSSR count). The molecule has 0 saturated heterocycles. The molecule has 2 amide bonds. The number of hydrogen-bond donors (Lipinski definition) is 2. The van der Waals surface area contributed by atoms with Gasteiger partial charge in [-0.1, -0.05) is 6.07 Å². The summed E-state index contributed by atoms with van der Waals surface area (Å²) < 4.78 is 0. The van der Waals surface area contributed by atoms with Crippen molar-refractivity contribution in [2.24, 2.45) is 0 Å². The minimum atomic E-state index is -0.942. The molecule has 0 aliphatic carbocycles. The number of nitrogens with zero attached hydrogens (tertiary/aromatic N) is 3. The van der Waals surface area contributed by atoms with Crippen molar-refractivity contribution in [1.29, 1.82) is 5.26 Å². The lowest BCUT2D eigenvalue weighted by molar-refractivity contribution is -0.116. The van der Waals surface area contributed by atoms with Crippen LogP contribution in [-0.4, -0.2) is 33.5 Å². The molecule has 0 saturated carbocycles. The molecule has 0 radical (unpaired) electrons. The van der Waals surface area contributed by atoms with Crippen LogP contribution in [-0.2, 0) is 17.8 Å². The number of rotatable bonds is 1. The number of pyridine rings is 1. The van der Waals surface area contributed by atoms with E-state index in [4.69, 9.17) is 10.4 Å². The van der Waals surface area contributed by atoms with Crippen molar-refractivity contribution < 1.29 is 14.7 Å². The van der Waals surface area contributed by atoms with E-state index < -0.39 is 12.0 Å². The lowest BCUT2D eigenvalue weighted by Crippen LogP contribution is -2.35. The molecule has 0 bridgehead atoms. The van der Waals surface area contributed by atoms with Crippen molar-refractivity contribution in [3.63, 3.8) is 0 Å². The monoisotopic (exact) mass is 334 g/mol. The molecule has 2 aliphatic heterocycles. The zero-order valence-corrected chi connectivity index (χ0v) is 13.2. The van der Waals surface area contributed by atoms with Crippen molar-refractivity contribution in [2.45, 2.75) is 18.9 Å². The third kappa shape index (κ3) is 2.48. The Morgan fingerprint density at radius 3 is 2.96 bits per heavy atom. The molecule has 1 atom stereocenters. The highest BCUT2D eigenvalue weighted by atomic mass is 16.4. The fourth-order valence-corrected chi connectivity index (χ4v) is 3.38. The summed E-state index contributed by atoms with van der Waals surface area (Å²) in [7, 11) is 0. The van der Waals surface area contributed by atoms with Gasteiger partial charge < -0.3 is 15.3 Å². The summed E-state index contributed by atoms with van der Waals surface area (Å²) >= 11 is 0. The number of aromatic nitrogens is 1. The molecule has 2 aromatic rings. The second kappa shape index (κ2) is 5.60. The molecule has 7 heteroatoms. The zero-order valence-electron chi connectivity index (χ0n) is 13.2. The number of carbonyl (C=O) groups excluding carboxylic acids is 1. The van der Waals surface area contributed by atoms with Crippen LogP contribution in [0.2, 0.25) is 0 Å². The van der Waals surface area contributed by atoms with Crippen LogP contribution in [0.25, 0.3) is 0 Å². The topological polar surface area (TPSA) is 106 Å². The summed E-state index contributed by atoms with van der Waals surface area (Å²) in [5, 5.41) is 21.0. The smallest absolute Gasteiger partial charge is 0.407 e. The predicted molar refractivity (Wildman–Crippen MR) is 88.0 cm³/mol. The van der Waals surface area contributed by atoms with Crippen LogP contribution in [0.1, 0.15) is 34.0 Å². The summed E-state index contributed by atoms with van der Waals surface area (Å²) in [6.07, 6.45) is -0.419. The number of carboxylic acid groups (broad SMARTS) is 1. The third-order valence-corrected chi connectivity index (χ3v) is 4.65. The Labute approximate surface area is 143 Å². The van der Waals surface area contributed by atoms with Crippen LogP contribution >= 0.6 is 0 Å². The molecular weight excluding hydrogens is 320 g/mol. The minimum absolute atomic E-state index is 0.166. The molecule has 1 aromatic heterocycles. The number of hydrogen-bond acceptors (Lipinski definition) is 4. The standard InChI is InChI=1S/C18H14N4O3/c19-8-10-1-3-14-12(7-10)16(17(23)21-14)15-4-2-11-9-22(18(24)25)6-5-13(11)20-15/h1-4,7,16H,5-6,9H2,(H,21,23)(H,24,25). The van der Waals surface area contributed by atoms with E-state index in [0.717, 1.165) is 16.8 Å². The van der Waals surface area contributed by atoms with Gasteiger partial charge in [-0.25, -0.2) is 4.79 Å². The molecule has 0 fully saturated rings. The Kier molecular flexibility index (Phi) is 3.39. The van der Waals surface area contributed by atoms with Gasteiger partial charge in [0.25, 0.3) is 0 Å². The Morgan fingerprint density at radius 1 is 1.36 bits per heavy atom. The number of nitriles is 1. The van der Waals surface area contributed by atoms with Crippen molar-refractivity contribution >= 4 is 17.7 Å². The highest BCUT2D eigenvalue weighted by Gasteiger charge is 2.34. The van der Waals surface area contributed by atoms with Gasteiger partial charge in [-0.05, 0) is 35.4 Å². The fraction of sp³-hybridized carbons (Fsp3) is 0.222. The lowest BCUT2D eigenvalue weighted by Gasteiger charge is -2.26. The minimum Gasteiger partial charge on any atom is -0.465 e. The van der Waals surface area contributed by atoms with Gasteiger partial charge in [0, 0.05) is 24.3 Å². The first kappa shape index (κ1) is 15.1. The number of carbonyl (C=O) groups is 2. The summed E-state index contributed by atoms with van der Waals surface area (Å²) in [5.74, 6) is -0.716. The molecule has 2 N–H and O–H groups in total. The van der Waals surface area contributed by atoms with Crippen molar-refractivity contribution in [1.82, 2.24) is 9.88 Å². The number of fused-ring (bicyclic) bond motifs is 2. The number of nitrogens with one attached hydrogen (secondary N) is 1. The Morgan fingerprint density at radius 2 is 2.20 bits per heavy atom. The first-order chi connectivity index (χ1) is 12.1. The first-order valence-corrected chi connectivity index (χ1v) is 7.88. The first-order valence-electron chi connectivity index (χ1n) is 7.88. The predicted octanol–water partition coefficient (Wildman–Crippen LogP) is 2.07. The van der Waals surface area contributed by atoms with Crippen molar-refractivity contribution in [2.75, 3.05) is 11.9 Å². The average Bonchev–Trinajstić information content (AvgIpc) is 2.95. The van der Waals surface area contributed by atoms with Crippen LogP contribution in [0.15, 0.2) is 30.3 Å². The quantitative estimate of drug-likeness (QED) is 0.830. The van der Waals surface area contributed by atoms with Crippen LogP contribution in [0.4, 0.5) is 10.5 Å². The van der Waals surface area contributed by atoms with Gasteiger partial charge in [-0.2, -0.15) is 5.26 Å². The highest BCUT2D eigenvalue weighted by Crippen LogP contribution is 2.37. The zero-order chi connectivity index (χ0) is 17.6. The third-order valence-electron chi connectivity index (χ3n) is 4.65.